The van der Waals surface area contributed by atoms with E-state index < -0.39 is 119 Å². The van der Waals surface area contributed by atoms with Crippen molar-refractivity contribution >= 4 is 47.0 Å². The molecule has 0 aromatic rings. The average molecular weight is 1300 g/mol. The number of Topliss-reactive ketones (excluding diaryl/α,β-unsaturated/α-hetero) is 4. The van der Waals surface area contributed by atoms with E-state index in [1.807, 2.05) is 0 Å². The molecule has 0 N–H and O–H groups in total. The van der Waals surface area contributed by atoms with Crippen LogP contribution in [0.15, 0.2) is 0 Å². The first-order chi connectivity index (χ1) is 38.2. The fourth-order valence-corrected chi connectivity index (χ4v) is 7.41. The summed E-state index contributed by atoms with van der Waals surface area (Å²) >= 11 is 0. The van der Waals surface area contributed by atoms with Crippen LogP contribution in [-0.2, 0) is 121 Å². The van der Waals surface area contributed by atoms with Crippen LogP contribution in [0, 0.1) is 0 Å². The van der Waals surface area contributed by atoms with Gasteiger partial charge in [-0.1, -0.05) is 27.7 Å². The van der Waals surface area contributed by atoms with Gasteiger partial charge in [0.2, 0.25) is 48.3 Å². The third-order valence-corrected chi connectivity index (χ3v) is 10.7. The minimum absolute atomic E-state index is 0. The van der Waals surface area contributed by atoms with Crippen LogP contribution in [0.1, 0.15) is 220 Å². The van der Waals surface area contributed by atoms with Crippen molar-refractivity contribution in [2.45, 2.75) is 340 Å². The number of carboxylic acid groups (broad SMARTS) is 4. The summed E-state index contributed by atoms with van der Waals surface area (Å²) in [5, 5.41) is 46.1. The zero-order chi connectivity index (χ0) is 67.2. The van der Waals surface area contributed by atoms with E-state index in [-0.39, 0.29) is 101 Å². The summed E-state index contributed by atoms with van der Waals surface area (Å²) in [5.41, 5.74) is -8.27. The Labute approximate surface area is 526 Å². The molecule has 0 aliphatic carbocycles. The predicted molar refractivity (Wildman–Crippen MR) is 302 cm³/mol. The van der Waals surface area contributed by atoms with Crippen molar-refractivity contribution < 1.29 is 142 Å². The molecule has 0 spiro atoms. The molecule has 0 saturated carbocycles. The minimum Gasteiger partial charge on any atom is -0.546 e. The van der Waals surface area contributed by atoms with Crippen molar-refractivity contribution in [2.24, 2.45) is 0 Å². The normalized spacial score (nSPS) is 14.8. The number of carbonyl (C=O) groups is 8. The van der Waals surface area contributed by atoms with E-state index >= 15 is 0 Å². The van der Waals surface area contributed by atoms with Gasteiger partial charge in [0.15, 0.2) is 22.4 Å². The smallest absolute Gasteiger partial charge is 0.546 e. The van der Waals surface area contributed by atoms with Gasteiger partial charge in [0.05, 0.1) is 97.1 Å². The van der Waals surface area contributed by atoms with Crippen molar-refractivity contribution in [2.75, 3.05) is 0 Å². The second-order valence-electron chi connectivity index (χ2n) is 22.8. The van der Waals surface area contributed by atoms with Crippen molar-refractivity contribution in [3.63, 3.8) is 0 Å². The molecule has 85 heavy (non-hydrogen) atoms. The van der Waals surface area contributed by atoms with Gasteiger partial charge in [-0.15, -0.1) is 0 Å². The molecule has 4 unspecified atom stereocenters. The average Bonchev–Trinajstić information content (AvgIpc) is 3.11. The van der Waals surface area contributed by atoms with Gasteiger partial charge >= 0.3 is 26.2 Å². The molecule has 25 heteroatoms. The van der Waals surface area contributed by atoms with Crippen LogP contribution in [0.25, 0.3) is 0 Å². The Kier molecular flexibility index (Phi) is 46.5. The van der Waals surface area contributed by atoms with Gasteiger partial charge in [-0.2, -0.15) is 0 Å². The molecule has 0 rings (SSSR count). The van der Waals surface area contributed by atoms with Crippen LogP contribution in [0.5, 0.6) is 0 Å². The number of aliphatic carboxylic acids is 4. The number of carbonyl (C=O) groups excluding carboxylic acids is 8. The number of ketones is 4. The zero-order valence-corrected chi connectivity index (χ0v) is 58.8. The summed E-state index contributed by atoms with van der Waals surface area (Å²) in [4.78, 5) is 96.7. The third kappa shape index (κ3) is 32.3. The van der Waals surface area contributed by atoms with E-state index in [1.165, 1.54) is 0 Å². The summed E-state index contributed by atoms with van der Waals surface area (Å²) < 4.78 is 64.9. The first-order valence-corrected chi connectivity index (χ1v) is 29.2. The van der Waals surface area contributed by atoms with Crippen molar-refractivity contribution in [3.8, 4) is 0 Å². The predicted octanol–water partition coefficient (Wildman–Crippen LogP) is 4.22. The van der Waals surface area contributed by atoms with Gasteiger partial charge in [0.1, 0.15) is 0 Å². The first-order valence-electron chi connectivity index (χ1n) is 29.2. The Bertz CT molecular complexity index is 1640. The van der Waals surface area contributed by atoms with Crippen molar-refractivity contribution in [3.05, 3.63) is 0 Å². The third-order valence-electron chi connectivity index (χ3n) is 10.7. The van der Waals surface area contributed by atoms with Crippen LogP contribution in [-0.4, -0.2) is 168 Å². The molecular formula is C60H108O24Zr. The summed E-state index contributed by atoms with van der Waals surface area (Å²) in [7, 11) is 0. The minimum atomic E-state index is -2.07. The molecule has 0 aromatic heterocycles. The molecule has 0 aromatic carbocycles. The van der Waals surface area contributed by atoms with E-state index in [0.717, 1.165) is 0 Å². The number of carboxylic acids is 4. The van der Waals surface area contributed by atoms with Crippen LogP contribution < -0.4 is 20.4 Å². The van der Waals surface area contributed by atoms with E-state index in [1.54, 1.807) is 194 Å². The maximum Gasteiger partial charge on any atom is 4.00 e. The summed E-state index contributed by atoms with van der Waals surface area (Å²) in [6.45, 7) is 47.2. The van der Waals surface area contributed by atoms with Gasteiger partial charge in [-0.3, -0.25) is 19.2 Å². The number of rotatable bonds is 40. The van der Waals surface area contributed by atoms with Crippen molar-refractivity contribution in [1.29, 1.82) is 0 Å². The zero-order valence-electron chi connectivity index (χ0n) is 56.4. The largest absolute Gasteiger partial charge is 4.00 e. The Morgan fingerprint density at radius 2 is 0.353 bits per heavy atom. The Morgan fingerprint density at radius 1 is 0.247 bits per heavy atom. The summed E-state index contributed by atoms with van der Waals surface area (Å²) in [6, 6.07) is 0. The van der Waals surface area contributed by atoms with Gasteiger partial charge in [-0.25, -0.2) is 0 Å². The molecule has 0 aliphatic heterocycles. The van der Waals surface area contributed by atoms with Gasteiger partial charge in [0.25, 0.3) is 0 Å². The standard InChI is InChI=1S/4C15H28O6.Zr/c4*1-8-15(14(17)18,21-11(6)7)12(16)13(19-9(2)3)20-10(4)5;/h4*9-11,13H,8H2,1-7H3,(H,17,18);/q;;;;+4/p-4. The SMILES string of the molecule is CCC(OC(C)C)(C(=O)[O-])C(=O)C(OC(C)C)OC(C)C.CCC(OC(C)C)(C(=O)[O-])C(=O)C(OC(C)C)OC(C)C.CCC(OC(C)C)(C(=O)[O-])C(=O)C(OC(C)C)OC(C)C.CCC(OC(C)C)(C(=O)[O-])C(=O)C(OC(C)C)OC(C)C.[Zr+4]. The maximum absolute atomic E-state index is 12.6. The van der Waals surface area contributed by atoms with Crippen LogP contribution in [0.4, 0.5) is 0 Å². The molecular weight excluding hydrogens is 1200 g/mol. The summed E-state index contributed by atoms with van der Waals surface area (Å²) in [5.74, 6) is -9.41. The molecule has 0 amide bonds. The molecule has 0 fully saturated rings. The molecule has 0 aliphatic rings. The molecule has 0 heterocycles. The van der Waals surface area contributed by atoms with E-state index in [2.05, 4.69) is 0 Å². The molecule has 496 valence electrons. The topological polar surface area (TPSA) is 340 Å². The van der Waals surface area contributed by atoms with Crippen molar-refractivity contribution in [1.82, 2.24) is 0 Å². The molecule has 24 nitrogen and oxygen atoms in total. The van der Waals surface area contributed by atoms with Crippen LogP contribution in [0.2, 0.25) is 0 Å². The van der Waals surface area contributed by atoms with E-state index in [4.69, 9.17) is 56.8 Å². The fourth-order valence-electron chi connectivity index (χ4n) is 7.41. The maximum atomic E-state index is 12.6. The number of ether oxygens (including phenoxy) is 12. The van der Waals surface area contributed by atoms with E-state index in [9.17, 15) is 58.8 Å². The molecule has 0 radical (unpaired) electrons. The van der Waals surface area contributed by atoms with Crippen LogP contribution in [0.3, 0.4) is 0 Å². The van der Waals surface area contributed by atoms with Crippen LogP contribution >= 0.6 is 0 Å². The first kappa shape index (κ1) is 90.7. The Morgan fingerprint density at radius 3 is 0.412 bits per heavy atom. The second kappa shape index (κ2) is 43.6. The quantitative estimate of drug-likeness (QED) is 0.0612. The molecule has 4 atom stereocenters. The van der Waals surface area contributed by atoms with Gasteiger partial charge in [-0.05, 0) is 192 Å². The Balaban J connectivity index is -0.000000333. The Hall–Kier alpha value is -3.04. The molecule has 0 bridgehead atoms. The van der Waals surface area contributed by atoms with E-state index in [0.29, 0.717) is 0 Å². The van der Waals surface area contributed by atoms with Gasteiger partial charge in [0, 0.05) is 0 Å². The number of hydrogen-bond donors (Lipinski definition) is 0. The summed E-state index contributed by atoms with van der Waals surface area (Å²) in [6.07, 6.45) is -9.67. The fraction of sp³-hybridized carbons (Fsp3) is 0.867. The second-order valence-corrected chi connectivity index (χ2v) is 22.8. The van der Waals surface area contributed by atoms with Gasteiger partial charge < -0.3 is 96.4 Å². The monoisotopic (exact) mass is 1300 g/mol. The number of hydrogen-bond acceptors (Lipinski definition) is 24. The molecule has 0 saturated heterocycles.